The second-order valence-corrected chi connectivity index (χ2v) is 12.4. The van der Waals surface area contributed by atoms with Crippen molar-refractivity contribution in [2.24, 2.45) is 0 Å². The minimum Gasteiger partial charge on any atom is -0.373 e. The summed E-state index contributed by atoms with van der Waals surface area (Å²) in [4.78, 5) is 12.9. The van der Waals surface area contributed by atoms with Gasteiger partial charge >= 0.3 is 0 Å². The number of anilines is 1. The minimum absolute atomic E-state index is 0.0104. The standard InChI is InChI=1S/C22H29N3O6S2/c1-15-9-10-19(12-21(15)33(29,30)24(4)5)23-22(26)18-7-6-8-20(11-18)32(27,28)25-13-16(2)31-17(3)14-25/h6-12,16-17H,13-14H2,1-5H3,(H,23,26)/t16-,17-/m0/s1. The number of ether oxygens (including phenoxy) is 1. The van der Waals surface area contributed by atoms with E-state index in [0.29, 0.717) is 5.56 Å². The zero-order chi connectivity index (χ0) is 24.6. The summed E-state index contributed by atoms with van der Waals surface area (Å²) in [5, 5.41) is 2.66. The van der Waals surface area contributed by atoms with Gasteiger partial charge in [0.25, 0.3) is 5.91 Å². The van der Waals surface area contributed by atoms with Crippen molar-refractivity contribution in [3.05, 3.63) is 53.6 Å². The SMILES string of the molecule is Cc1ccc(NC(=O)c2cccc(S(=O)(=O)N3C[C@H](C)O[C@@H](C)C3)c2)cc1S(=O)(=O)N(C)C. The molecule has 0 saturated carbocycles. The van der Waals surface area contributed by atoms with E-state index >= 15 is 0 Å². The first-order valence-electron chi connectivity index (χ1n) is 10.4. The first kappa shape index (κ1) is 25.3. The lowest BCUT2D eigenvalue weighted by Crippen LogP contribution is -2.48. The largest absolute Gasteiger partial charge is 0.373 e. The Kier molecular flexibility index (Phi) is 7.30. The lowest BCUT2D eigenvalue weighted by molar-refractivity contribution is -0.0440. The normalized spacial score (nSPS) is 20.1. The fourth-order valence-corrected chi connectivity index (χ4v) is 6.41. The Hall–Kier alpha value is -2.31. The van der Waals surface area contributed by atoms with Gasteiger partial charge in [-0.3, -0.25) is 4.79 Å². The van der Waals surface area contributed by atoms with Gasteiger partial charge in [0.05, 0.1) is 22.0 Å². The average molecular weight is 496 g/mol. The zero-order valence-corrected chi connectivity index (χ0v) is 20.9. The molecule has 1 N–H and O–H groups in total. The van der Waals surface area contributed by atoms with Crippen LogP contribution in [0.2, 0.25) is 0 Å². The summed E-state index contributed by atoms with van der Waals surface area (Å²) in [7, 11) is -4.64. The predicted octanol–water partition coefficient (Wildman–Crippen LogP) is 2.30. The fourth-order valence-electron chi connectivity index (χ4n) is 3.63. The molecule has 0 aliphatic carbocycles. The van der Waals surface area contributed by atoms with Gasteiger partial charge in [-0.05, 0) is 56.7 Å². The van der Waals surface area contributed by atoms with Crippen LogP contribution in [0.3, 0.4) is 0 Å². The van der Waals surface area contributed by atoms with Crippen molar-refractivity contribution >= 4 is 31.6 Å². The van der Waals surface area contributed by atoms with Crippen LogP contribution in [0.15, 0.2) is 52.3 Å². The van der Waals surface area contributed by atoms with Gasteiger partial charge in [-0.2, -0.15) is 4.31 Å². The van der Waals surface area contributed by atoms with Crippen LogP contribution < -0.4 is 5.32 Å². The molecule has 1 aliphatic rings. The highest BCUT2D eigenvalue weighted by Gasteiger charge is 2.32. The molecule has 2 atom stereocenters. The second-order valence-electron chi connectivity index (χ2n) is 8.33. The fraction of sp³-hybridized carbons (Fsp3) is 0.409. The van der Waals surface area contributed by atoms with E-state index in [1.165, 1.54) is 48.7 Å². The highest BCUT2D eigenvalue weighted by molar-refractivity contribution is 7.89. The molecule has 11 heteroatoms. The molecule has 33 heavy (non-hydrogen) atoms. The van der Waals surface area contributed by atoms with Gasteiger partial charge in [0, 0.05) is 38.4 Å². The molecule has 2 aromatic rings. The third-order valence-electron chi connectivity index (χ3n) is 5.32. The number of benzene rings is 2. The van der Waals surface area contributed by atoms with E-state index in [1.54, 1.807) is 19.1 Å². The summed E-state index contributed by atoms with van der Waals surface area (Å²) in [6, 6.07) is 10.4. The first-order valence-corrected chi connectivity index (χ1v) is 13.3. The quantitative estimate of drug-likeness (QED) is 0.658. The van der Waals surface area contributed by atoms with Crippen LogP contribution >= 0.6 is 0 Å². The van der Waals surface area contributed by atoms with Gasteiger partial charge in [-0.15, -0.1) is 0 Å². The third-order valence-corrected chi connectivity index (χ3v) is 9.11. The maximum Gasteiger partial charge on any atom is 0.255 e. The number of hydrogen-bond acceptors (Lipinski definition) is 6. The van der Waals surface area contributed by atoms with E-state index in [9.17, 15) is 21.6 Å². The summed E-state index contributed by atoms with van der Waals surface area (Å²) in [5.74, 6) is -0.548. The molecule has 180 valence electrons. The zero-order valence-electron chi connectivity index (χ0n) is 19.3. The smallest absolute Gasteiger partial charge is 0.255 e. The van der Waals surface area contributed by atoms with Crippen molar-refractivity contribution in [2.75, 3.05) is 32.5 Å². The molecule has 0 bridgehead atoms. The molecule has 2 aromatic carbocycles. The van der Waals surface area contributed by atoms with Crippen molar-refractivity contribution in [2.45, 2.75) is 42.8 Å². The number of rotatable bonds is 6. The van der Waals surface area contributed by atoms with Gasteiger partial charge in [0.1, 0.15) is 0 Å². The lowest BCUT2D eigenvalue weighted by atomic mass is 10.2. The molecule has 9 nitrogen and oxygen atoms in total. The highest BCUT2D eigenvalue weighted by atomic mass is 32.2. The number of morpholine rings is 1. The van der Waals surface area contributed by atoms with Crippen LogP contribution in [-0.2, 0) is 24.8 Å². The van der Waals surface area contributed by atoms with Crippen molar-refractivity contribution in [1.29, 1.82) is 0 Å². The van der Waals surface area contributed by atoms with Crippen molar-refractivity contribution in [1.82, 2.24) is 8.61 Å². The molecule has 3 rings (SSSR count). The maximum absolute atomic E-state index is 13.1. The van der Waals surface area contributed by atoms with E-state index in [1.807, 2.05) is 13.8 Å². The Balaban J connectivity index is 1.86. The average Bonchev–Trinajstić information content (AvgIpc) is 2.74. The van der Waals surface area contributed by atoms with Gasteiger partial charge in [0.2, 0.25) is 20.0 Å². The summed E-state index contributed by atoms with van der Waals surface area (Å²) in [6.07, 6.45) is -0.464. The molecule has 1 fully saturated rings. The van der Waals surface area contributed by atoms with E-state index in [4.69, 9.17) is 4.74 Å². The molecular formula is C22H29N3O6S2. The van der Waals surface area contributed by atoms with Crippen LogP contribution in [0, 0.1) is 6.92 Å². The molecule has 0 radical (unpaired) electrons. The van der Waals surface area contributed by atoms with E-state index < -0.39 is 26.0 Å². The Morgan fingerprint density at radius 1 is 1.03 bits per heavy atom. The van der Waals surface area contributed by atoms with Crippen LogP contribution in [0.25, 0.3) is 0 Å². The van der Waals surface area contributed by atoms with Crippen LogP contribution in [-0.4, -0.2) is 70.7 Å². The van der Waals surface area contributed by atoms with E-state index in [0.717, 1.165) is 4.31 Å². The van der Waals surface area contributed by atoms with Gasteiger partial charge < -0.3 is 10.1 Å². The number of aryl methyl sites for hydroxylation is 1. The lowest BCUT2D eigenvalue weighted by Gasteiger charge is -2.34. The first-order chi connectivity index (χ1) is 15.3. The van der Waals surface area contributed by atoms with Crippen LogP contribution in [0.4, 0.5) is 5.69 Å². The van der Waals surface area contributed by atoms with Crippen LogP contribution in [0.5, 0.6) is 0 Å². The number of amides is 1. The topological polar surface area (TPSA) is 113 Å². The number of sulfonamides is 2. The van der Waals surface area contributed by atoms with Gasteiger partial charge in [-0.25, -0.2) is 21.1 Å². The Bertz CT molecular complexity index is 1250. The molecule has 1 aliphatic heterocycles. The predicted molar refractivity (Wildman–Crippen MR) is 125 cm³/mol. The molecule has 0 aromatic heterocycles. The highest BCUT2D eigenvalue weighted by Crippen LogP contribution is 2.24. The van der Waals surface area contributed by atoms with Crippen molar-refractivity contribution in [3.63, 3.8) is 0 Å². The van der Waals surface area contributed by atoms with Crippen LogP contribution in [0.1, 0.15) is 29.8 Å². The number of carbonyl (C=O) groups is 1. The number of nitrogens with zero attached hydrogens (tertiary/aromatic N) is 2. The monoisotopic (exact) mass is 495 g/mol. The number of hydrogen-bond donors (Lipinski definition) is 1. The van der Waals surface area contributed by atoms with E-state index in [-0.39, 0.29) is 46.3 Å². The second kappa shape index (κ2) is 9.51. The minimum atomic E-state index is -3.81. The molecule has 1 saturated heterocycles. The summed E-state index contributed by atoms with van der Waals surface area (Å²) >= 11 is 0. The maximum atomic E-state index is 13.1. The number of carbonyl (C=O) groups excluding carboxylic acids is 1. The summed E-state index contributed by atoms with van der Waals surface area (Å²) in [6.45, 7) is 5.76. The van der Waals surface area contributed by atoms with Crippen molar-refractivity contribution in [3.8, 4) is 0 Å². The van der Waals surface area contributed by atoms with Gasteiger partial charge in [-0.1, -0.05) is 12.1 Å². The van der Waals surface area contributed by atoms with Crippen molar-refractivity contribution < 1.29 is 26.4 Å². The third kappa shape index (κ3) is 5.44. The Labute approximate surface area is 195 Å². The Morgan fingerprint density at radius 2 is 1.67 bits per heavy atom. The molecule has 1 amide bonds. The van der Waals surface area contributed by atoms with E-state index in [2.05, 4.69) is 5.32 Å². The Morgan fingerprint density at radius 3 is 2.27 bits per heavy atom. The molecule has 1 heterocycles. The molecule has 0 unspecified atom stereocenters. The summed E-state index contributed by atoms with van der Waals surface area (Å²) in [5.41, 5.74) is 0.974. The molecule has 0 spiro atoms. The summed E-state index contributed by atoms with van der Waals surface area (Å²) < 4.78 is 59.4. The van der Waals surface area contributed by atoms with Gasteiger partial charge in [0.15, 0.2) is 0 Å². The number of nitrogens with one attached hydrogen (secondary N) is 1. The molecular weight excluding hydrogens is 466 g/mol.